The summed E-state index contributed by atoms with van der Waals surface area (Å²) < 4.78 is 22.3. The van der Waals surface area contributed by atoms with Gasteiger partial charge in [0.2, 0.25) is 17.1 Å². The number of rotatable bonds is 10. The van der Waals surface area contributed by atoms with Crippen molar-refractivity contribution in [2.24, 2.45) is 0 Å². The molecule has 0 aliphatic heterocycles. The number of halogens is 2. The van der Waals surface area contributed by atoms with Crippen molar-refractivity contribution >= 4 is 44.4 Å². The monoisotopic (exact) mass is 552 g/mol. The minimum absolute atomic E-state index is 0.0547. The highest BCUT2D eigenvalue weighted by atomic mass is 79.9. The van der Waals surface area contributed by atoms with E-state index < -0.39 is 0 Å². The molecule has 1 amide bonds. The van der Waals surface area contributed by atoms with Crippen LogP contribution in [-0.2, 0) is 16.1 Å². The van der Waals surface area contributed by atoms with Gasteiger partial charge < -0.3 is 28.8 Å². The number of ether oxygens (including phenoxy) is 3. The lowest BCUT2D eigenvalue weighted by atomic mass is 10.1. The summed E-state index contributed by atoms with van der Waals surface area (Å²) in [7, 11) is 6.26. The van der Waals surface area contributed by atoms with Gasteiger partial charge in [0.25, 0.3) is 0 Å². The summed E-state index contributed by atoms with van der Waals surface area (Å²) in [6, 6.07) is 8.66. The summed E-state index contributed by atoms with van der Waals surface area (Å²) in [5.74, 6) is 0.789. The standard InChI is InChI=1S/C24H26BrClN2O6/c1-28(7-8-31-2)20(29)13-27-12-14-9-16-21(30)24(33-4)22(34-23(16)17(25)10-14)15-5-6-19(32-3)18(26)11-15/h5-6,9-11,27H,7-8,12-13H2,1-4H3. The Kier molecular flexibility index (Phi) is 8.96. The molecule has 3 rings (SSSR count). The molecule has 0 saturated heterocycles. The van der Waals surface area contributed by atoms with Crippen LogP contribution in [0.2, 0.25) is 5.02 Å². The minimum Gasteiger partial charge on any atom is -0.495 e. The van der Waals surface area contributed by atoms with E-state index in [-0.39, 0.29) is 29.4 Å². The fourth-order valence-corrected chi connectivity index (χ4v) is 4.23. The molecule has 3 aromatic rings. The molecule has 182 valence electrons. The molecule has 0 saturated carbocycles. The number of nitrogens with one attached hydrogen (secondary N) is 1. The van der Waals surface area contributed by atoms with Crippen molar-refractivity contribution in [1.29, 1.82) is 0 Å². The molecule has 34 heavy (non-hydrogen) atoms. The Labute approximate surface area is 210 Å². The number of fused-ring (bicyclic) bond motifs is 1. The number of hydrogen-bond acceptors (Lipinski definition) is 7. The first-order chi connectivity index (χ1) is 16.3. The number of amides is 1. The van der Waals surface area contributed by atoms with Crippen LogP contribution in [0.5, 0.6) is 11.5 Å². The van der Waals surface area contributed by atoms with Gasteiger partial charge in [0.15, 0.2) is 11.3 Å². The number of methoxy groups -OCH3 is 3. The molecule has 1 N–H and O–H groups in total. The normalized spacial score (nSPS) is 11.0. The fraction of sp³-hybridized carbons (Fsp3) is 0.333. The van der Waals surface area contributed by atoms with Gasteiger partial charge in [0.05, 0.1) is 42.3 Å². The molecule has 0 unspecified atom stereocenters. The predicted octanol–water partition coefficient (Wildman–Crippen LogP) is 4.09. The highest BCUT2D eigenvalue weighted by Crippen LogP contribution is 2.37. The number of benzene rings is 2. The van der Waals surface area contributed by atoms with Gasteiger partial charge in [0.1, 0.15) is 5.75 Å². The van der Waals surface area contributed by atoms with Gasteiger partial charge in [-0.1, -0.05) is 11.6 Å². The molecule has 0 fully saturated rings. The molecule has 0 radical (unpaired) electrons. The lowest BCUT2D eigenvalue weighted by molar-refractivity contribution is -0.129. The molecule has 0 spiro atoms. The Morgan fingerprint density at radius 3 is 2.59 bits per heavy atom. The van der Waals surface area contributed by atoms with Gasteiger partial charge >= 0.3 is 0 Å². The van der Waals surface area contributed by atoms with E-state index in [2.05, 4.69) is 21.2 Å². The molecule has 2 aromatic carbocycles. The summed E-state index contributed by atoms with van der Waals surface area (Å²) in [6.45, 7) is 1.53. The van der Waals surface area contributed by atoms with E-state index in [1.807, 2.05) is 6.07 Å². The number of hydrogen-bond donors (Lipinski definition) is 1. The molecule has 8 nitrogen and oxygen atoms in total. The summed E-state index contributed by atoms with van der Waals surface area (Å²) in [5, 5.41) is 3.85. The van der Waals surface area contributed by atoms with Crippen molar-refractivity contribution in [1.82, 2.24) is 10.2 Å². The Bertz CT molecular complexity index is 1250. The fourth-order valence-electron chi connectivity index (χ4n) is 3.38. The van der Waals surface area contributed by atoms with Crippen LogP contribution >= 0.6 is 27.5 Å². The molecule has 0 bridgehead atoms. The van der Waals surface area contributed by atoms with E-state index in [0.29, 0.717) is 51.5 Å². The second-order valence-corrected chi connectivity index (χ2v) is 8.77. The molecular formula is C24H26BrClN2O6. The van der Waals surface area contributed by atoms with Gasteiger partial charge in [-0.3, -0.25) is 9.59 Å². The number of carbonyl (C=O) groups is 1. The Morgan fingerprint density at radius 2 is 1.94 bits per heavy atom. The first kappa shape index (κ1) is 26.0. The zero-order chi connectivity index (χ0) is 24.8. The maximum absolute atomic E-state index is 13.3. The maximum atomic E-state index is 13.3. The average molecular weight is 554 g/mol. The maximum Gasteiger partial charge on any atom is 0.236 e. The molecule has 0 atom stereocenters. The number of likely N-dealkylation sites (N-methyl/N-ethyl adjacent to an activating group) is 1. The van der Waals surface area contributed by atoms with Crippen molar-refractivity contribution in [3.05, 3.63) is 55.6 Å². The lowest BCUT2D eigenvalue weighted by Crippen LogP contribution is -2.37. The third kappa shape index (κ3) is 5.72. The summed E-state index contributed by atoms with van der Waals surface area (Å²) >= 11 is 9.77. The van der Waals surface area contributed by atoms with E-state index in [1.54, 1.807) is 43.3 Å². The average Bonchev–Trinajstić information content (AvgIpc) is 2.82. The second kappa shape index (κ2) is 11.7. The van der Waals surface area contributed by atoms with Gasteiger partial charge in [-0.2, -0.15) is 0 Å². The molecule has 1 aromatic heterocycles. The topological polar surface area (TPSA) is 90.2 Å². The summed E-state index contributed by atoms with van der Waals surface area (Å²) in [5.41, 5.74) is 1.45. The van der Waals surface area contributed by atoms with Crippen molar-refractivity contribution in [3.8, 4) is 22.8 Å². The predicted molar refractivity (Wildman–Crippen MR) is 135 cm³/mol. The van der Waals surface area contributed by atoms with E-state index in [9.17, 15) is 9.59 Å². The van der Waals surface area contributed by atoms with Gasteiger partial charge in [-0.05, 0) is 51.8 Å². The van der Waals surface area contributed by atoms with Crippen LogP contribution in [0.15, 0.2) is 44.0 Å². The van der Waals surface area contributed by atoms with Crippen LogP contribution < -0.4 is 20.2 Å². The zero-order valence-corrected chi connectivity index (χ0v) is 21.7. The van der Waals surface area contributed by atoms with Crippen LogP contribution in [0.3, 0.4) is 0 Å². The first-order valence-corrected chi connectivity index (χ1v) is 11.6. The Hall–Kier alpha value is -2.59. The summed E-state index contributed by atoms with van der Waals surface area (Å²) in [4.78, 5) is 27.1. The SMILES string of the molecule is COCCN(C)C(=O)CNCc1cc(Br)c2oc(-c3ccc(OC)c(Cl)c3)c(OC)c(=O)c2c1. The smallest absolute Gasteiger partial charge is 0.236 e. The first-order valence-electron chi connectivity index (χ1n) is 10.4. The van der Waals surface area contributed by atoms with Crippen LogP contribution in [0.4, 0.5) is 0 Å². The van der Waals surface area contributed by atoms with E-state index >= 15 is 0 Å². The van der Waals surface area contributed by atoms with E-state index in [1.165, 1.54) is 14.2 Å². The van der Waals surface area contributed by atoms with Crippen molar-refractivity contribution in [2.45, 2.75) is 6.54 Å². The van der Waals surface area contributed by atoms with Crippen LogP contribution in [0.25, 0.3) is 22.3 Å². The van der Waals surface area contributed by atoms with Gasteiger partial charge in [-0.25, -0.2) is 0 Å². The van der Waals surface area contributed by atoms with E-state index in [4.69, 9.17) is 30.2 Å². The highest BCUT2D eigenvalue weighted by Gasteiger charge is 2.20. The van der Waals surface area contributed by atoms with Crippen molar-refractivity contribution < 1.29 is 23.4 Å². The molecule has 1 heterocycles. The highest BCUT2D eigenvalue weighted by molar-refractivity contribution is 9.10. The quantitative estimate of drug-likeness (QED) is 0.404. The van der Waals surface area contributed by atoms with Crippen molar-refractivity contribution in [3.63, 3.8) is 0 Å². The Balaban J connectivity index is 1.90. The minimum atomic E-state index is -0.316. The van der Waals surface area contributed by atoms with Crippen LogP contribution in [-0.4, -0.2) is 58.9 Å². The second-order valence-electron chi connectivity index (χ2n) is 7.51. The summed E-state index contributed by atoms with van der Waals surface area (Å²) in [6.07, 6.45) is 0. The third-order valence-corrected chi connectivity index (χ3v) is 6.13. The zero-order valence-electron chi connectivity index (χ0n) is 19.4. The van der Waals surface area contributed by atoms with E-state index in [0.717, 1.165) is 5.56 Å². The van der Waals surface area contributed by atoms with Crippen LogP contribution in [0.1, 0.15) is 5.56 Å². The Morgan fingerprint density at radius 1 is 1.18 bits per heavy atom. The lowest BCUT2D eigenvalue weighted by Gasteiger charge is -2.17. The molecule has 0 aliphatic rings. The number of nitrogens with zero attached hydrogens (tertiary/aromatic N) is 1. The largest absolute Gasteiger partial charge is 0.495 e. The molecule has 10 heteroatoms. The third-order valence-electron chi connectivity index (χ3n) is 5.24. The number of carbonyl (C=O) groups excluding carboxylic acids is 1. The van der Waals surface area contributed by atoms with Gasteiger partial charge in [0, 0.05) is 32.8 Å². The van der Waals surface area contributed by atoms with Crippen molar-refractivity contribution in [2.75, 3.05) is 48.1 Å². The van der Waals surface area contributed by atoms with Crippen LogP contribution in [0, 0.1) is 0 Å². The van der Waals surface area contributed by atoms with Gasteiger partial charge in [-0.15, -0.1) is 0 Å². The molecular weight excluding hydrogens is 528 g/mol. The molecule has 0 aliphatic carbocycles.